The number of benzene rings is 1. The van der Waals surface area contributed by atoms with Gasteiger partial charge < -0.3 is 15.4 Å². The molecule has 0 spiro atoms. The molecule has 0 bridgehead atoms. The molecule has 3 aromatic rings. The lowest BCUT2D eigenvalue weighted by molar-refractivity contribution is 0.277. The van der Waals surface area contributed by atoms with Crippen molar-refractivity contribution in [1.82, 2.24) is 15.3 Å². The molecule has 5 heteroatoms. The van der Waals surface area contributed by atoms with Crippen LogP contribution >= 0.6 is 11.3 Å². The lowest BCUT2D eigenvalue weighted by Gasteiger charge is -2.07. The van der Waals surface area contributed by atoms with Crippen molar-refractivity contribution in [3.8, 4) is 0 Å². The molecule has 0 radical (unpaired) electrons. The van der Waals surface area contributed by atoms with E-state index < -0.39 is 0 Å². The molecule has 0 aliphatic carbocycles. The lowest BCUT2D eigenvalue weighted by atomic mass is 10.0. The van der Waals surface area contributed by atoms with E-state index in [0.29, 0.717) is 0 Å². The van der Waals surface area contributed by atoms with E-state index in [1.807, 2.05) is 5.38 Å². The van der Waals surface area contributed by atoms with Gasteiger partial charge in [-0.05, 0) is 38.0 Å². The Kier molecular flexibility index (Phi) is 4.29. The predicted molar refractivity (Wildman–Crippen MR) is 91.1 cm³/mol. The summed E-state index contributed by atoms with van der Waals surface area (Å²) in [5.41, 5.74) is 7.09. The number of aromatic nitrogens is 2. The minimum atomic E-state index is 0.00995. The monoisotopic (exact) mass is 315 g/mol. The molecule has 22 heavy (non-hydrogen) atoms. The number of fused-ring (bicyclic) bond motifs is 1. The Morgan fingerprint density at radius 1 is 1.23 bits per heavy atom. The number of aliphatic hydroxyl groups is 1. The van der Waals surface area contributed by atoms with Crippen molar-refractivity contribution in [3.05, 3.63) is 50.6 Å². The minimum Gasteiger partial charge on any atom is -0.390 e. The molecule has 0 atom stereocenters. The van der Waals surface area contributed by atoms with Crippen LogP contribution in [0.1, 0.15) is 33.1 Å². The highest BCUT2D eigenvalue weighted by molar-refractivity contribution is 7.09. The van der Waals surface area contributed by atoms with Crippen molar-refractivity contribution in [2.24, 2.45) is 0 Å². The molecule has 0 amide bonds. The van der Waals surface area contributed by atoms with E-state index in [1.54, 1.807) is 11.3 Å². The number of H-pyrrole nitrogens is 1. The summed E-state index contributed by atoms with van der Waals surface area (Å²) in [6.45, 7) is 7.95. The van der Waals surface area contributed by atoms with E-state index in [4.69, 9.17) is 5.11 Å². The van der Waals surface area contributed by atoms with E-state index >= 15 is 0 Å². The van der Waals surface area contributed by atoms with Gasteiger partial charge in [0.1, 0.15) is 5.01 Å². The zero-order valence-electron chi connectivity index (χ0n) is 13.2. The Morgan fingerprint density at radius 3 is 2.77 bits per heavy atom. The fourth-order valence-corrected chi connectivity index (χ4v) is 3.49. The summed E-state index contributed by atoms with van der Waals surface area (Å²) in [6.07, 6.45) is 0. The molecule has 0 unspecified atom stereocenters. The fourth-order valence-electron chi connectivity index (χ4n) is 2.73. The van der Waals surface area contributed by atoms with Gasteiger partial charge >= 0.3 is 0 Å². The molecular weight excluding hydrogens is 294 g/mol. The van der Waals surface area contributed by atoms with Gasteiger partial charge in [0.2, 0.25) is 0 Å². The van der Waals surface area contributed by atoms with Crippen molar-refractivity contribution < 1.29 is 5.11 Å². The van der Waals surface area contributed by atoms with Crippen LogP contribution < -0.4 is 5.32 Å². The number of aliphatic hydroxyl groups excluding tert-OH is 1. The summed E-state index contributed by atoms with van der Waals surface area (Å²) < 4.78 is 0. The van der Waals surface area contributed by atoms with Gasteiger partial charge in [-0.15, -0.1) is 11.3 Å². The number of thiazole rings is 1. The minimum absolute atomic E-state index is 0.00995. The van der Waals surface area contributed by atoms with Crippen molar-refractivity contribution in [1.29, 1.82) is 0 Å². The SMILES string of the molecule is Cc1cc(CNCc2nc(CO)cs2)c2[nH]c(C)c(C)c2c1. The lowest BCUT2D eigenvalue weighted by Crippen LogP contribution is -2.13. The first kappa shape index (κ1) is 15.2. The van der Waals surface area contributed by atoms with Gasteiger partial charge in [0.25, 0.3) is 0 Å². The highest BCUT2D eigenvalue weighted by atomic mass is 32.1. The van der Waals surface area contributed by atoms with Gasteiger partial charge in [-0.25, -0.2) is 4.98 Å². The van der Waals surface area contributed by atoms with Gasteiger partial charge in [-0.3, -0.25) is 0 Å². The van der Waals surface area contributed by atoms with Crippen LogP contribution in [-0.2, 0) is 19.7 Å². The maximum atomic E-state index is 9.05. The second-order valence-corrected chi connectivity index (χ2v) is 6.66. The van der Waals surface area contributed by atoms with Crippen LogP contribution in [0.25, 0.3) is 10.9 Å². The van der Waals surface area contributed by atoms with Crippen LogP contribution in [0.3, 0.4) is 0 Å². The van der Waals surface area contributed by atoms with Gasteiger partial charge in [-0.1, -0.05) is 11.6 Å². The van der Waals surface area contributed by atoms with Crippen LogP contribution in [-0.4, -0.2) is 15.1 Å². The number of rotatable bonds is 5. The van der Waals surface area contributed by atoms with Crippen LogP contribution in [0.5, 0.6) is 0 Å². The molecule has 4 nitrogen and oxygen atoms in total. The van der Waals surface area contributed by atoms with E-state index in [0.717, 1.165) is 23.8 Å². The Bertz CT molecular complexity index is 804. The van der Waals surface area contributed by atoms with Gasteiger partial charge in [0.05, 0.1) is 17.8 Å². The molecule has 0 fully saturated rings. The Balaban J connectivity index is 1.77. The molecule has 2 aromatic heterocycles. The summed E-state index contributed by atoms with van der Waals surface area (Å²) in [6, 6.07) is 4.47. The van der Waals surface area contributed by atoms with Crippen molar-refractivity contribution in [2.75, 3.05) is 0 Å². The Labute approximate surface area is 134 Å². The molecule has 0 aliphatic heterocycles. The summed E-state index contributed by atoms with van der Waals surface area (Å²) in [4.78, 5) is 7.85. The summed E-state index contributed by atoms with van der Waals surface area (Å²) in [5, 5.41) is 16.7. The number of nitrogens with one attached hydrogen (secondary N) is 2. The smallest absolute Gasteiger partial charge is 0.107 e. The standard InChI is InChI=1S/C17H21N3OS/c1-10-4-13(17-15(5-10)11(2)12(3)19-17)6-18-7-16-20-14(8-21)9-22-16/h4-5,9,18-19,21H,6-8H2,1-3H3. The Morgan fingerprint density at radius 2 is 2.05 bits per heavy atom. The summed E-state index contributed by atoms with van der Waals surface area (Å²) in [5.74, 6) is 0. The third-order valence-electron chi connectivity index (χ3n) is 4.00. The quantitative estimate of drug-likeness (QED) is 0.677. The third-order valence-corrected chi connectivity index (χ3v) is 4.89. The van der Waals surface area contributed by atoms with E-state index in [1.165, 1.54) is 33.3 Å². The van der Waals surface area contributed by atoms with Crippen LogP contribution in [0, 0.1) is 20.8 Å². The van der Waals surface area contributed by atoms with Crippen LogP contribution in [0.2, 0.25) is 0 Å². The van der Waals surface area contributed by atoms with E-state index in [-0.39, 0.29) is 6.61 Å². The first-order valence-corrected chi connectivity index (χ1v) is 8.29. The van der Waals surface area contributed by atoms with E-state index in [2.05, 4.69) is 48.2 Å². The maximum absolute atomic E-state index is 9.05. The van der Waals surface area contributed by atoms with Crippen molar-refractivity contribution in [3.63, 3.8) is 0 Å². The van der Waals surface area contributed by atoms with Gasteiger partial charge in [0.15, 0.2) is 0 Å². The molecule has 3 N–H and O–H groups in total. The van der Waals surface area contributed by atoms with Crippen molar-refractivity contribution in [2.45, 2.75) is 40.5 Å². The Hall–Kier alpha value is -1.69. The first-order valence-electron chi connectivity index (χ1n) is 7.41. The molecule has 116 valence electrons. The third kappa shape index (κ3) is 2.92. The first-order chi connectivity index (χ1) is 10.6. The van der Waals surface area contributed by atoms with Crippen LogP contribution in [0.15, 0.2) is 17.5 Å². The molecule has 2 heterocycles. The van der Waals surface area contributed by atoms with Crippen molar-refractivity contribution >= 4 is 22.2 Å². The summed E-state index contributed by atoms with van der Waals surface area (Å²) in [7, 11) is 0. The highest BCUT2D eigenvalue weighted by Gasteiger charge is 2.09. The number of hydrogen-bond donors (Lipinski definition) is 3. The molecule has 1 aromatic carbocycles. The van der Waals surface area contributed by atoms with Gasteiger partial charge in [0, 0.05) is 29.5 Å². The average Bonchev–Trinajstić information content (AvgIpc) is 3.06. The normalized spacial score (nSPS) is 11.5. The molecule has 0 saturated carbocycles. The summed E-state index contributed by atoms with van der Waals surface area (Å²) >= 11 is 1.58. The van der Waals surface area contributed by atoms with E-state index in [9.17, 15) is 0 Å². The number of aryl methyl sites for hydroxylation is 3. The topological polar surface area (TPSA) is 60.9 Å². The molecule has 0 saturated heterocycles. The zero-order chi connectivity index (χ0) is 15.7. The largest absolute Gasteiger partial charge is 0.390 e. The molecule has 0 aliphatic rings. The fraction of sp³-hybridized carbons (Fsp3) is 0.353. The maximum Gasteiger partial charge on any atom is 0.107 e. The number of nitrogens with zero attached hydrogens (tertiary/aromatic N) is 1. The molecule has 3 rings (SSSR count). The number of hydrogen-bond acceptors (Lipinski definition) is 4. The average molecular weight is 315 g/mol. The molecular formula is C17H21N3OS. The number of aromatic amines is 1. The second-order valence-electron chi connectivity index (χ2n) is 5.72. The van der Waals surface area contributed by atoms with Gasteiger partial charge in [-0.2, -0.15) is 0 Å². The second kappa shape index (κ2) is 6.20. The predicted octanol–water partition coefficient (Wildman–Crippen LogP) is 3.33. The zero-order valence-corrected chi connectivity index (χ0v) is 14.0. The van der Waals surface area contributed by atoms with Crippen LogP contribution in [0.4, 0.5) is 0 Å². The highest BCUT2D eigenvalue weighted by Crippen LogP contribution is 2.26.